The van der Waals surface area contributed by atoms with E-state index in [0.29, 0.717) is 11.3 Å². The Balaban J connectivity index is 2.58. The van der Waals surface area contributed by atoms with Crippen molar-refractivity contribution in [3.63, 3.8) is 0 Å². The van der Waals surface area contributed by atoms with Gasteiger partial charge in [-0.2, -0.15) is 0 Å². The fourth-order valence-electron chi connectivity index (χ4n) is 1.68. The van der Waals surface area contributed by atoms with Gasteiger partial charge in [0.2, 0.25) is 0 Å². The zero-order valence-electron chi connectivity index (χ0n) is 10.4. The number of benzene rings is 1. The first kappa shape index (κ1) is 14.2. The number of ether oxygens (including phenoxy) is 1. The normalized spacial score (nSPS) is 12.2. The van der Waals surface area contributed by atoms with Gasteiger partial charge in [0.1, 0.15) is 5.75 Å². The molecule has 2 nitrogen and oxygen atoms in total. The van der Waals surface area contributed by atoms with E-state index in [-0.39, 0.29) is 6.10 Å². The molecule has 0 radical (unpaired) electrons. The SMILES string of the molecule is CCCCC[C@@H](C)Oc1ccc(Br)cc1C=O. The third-order valence-corrected chi connectivity index (χ3v) is 3.13. The molecule has 0 N–H and O–H groups in total. The average Bonchev–Trinajstić information content (AvgIpc) is 2.32. The van der Waals surface area contributed by atoms with Gasteiger partial charge in [-0.05, 0) is 38.0 Å². The fourth-order valence-corrected chi connectivity index (χ4v) is 2.05. The average molecular weight is 299 g/mol. The summed E-state index contributed by atoms with van der Waals surface area (Å²) in [6.07, 6.45) is 5.63. The van der Waals surface area contributed by atoms with Crippen molar-refractivity contribution >= 4 is 22.2 Å². The van der Waals surface area contributed by atoms with Gasteiger partial charge in [-0.15, -0.1) is 0 Å². The maximum atomic E-state index is 10.9. The monoisotopic (exact) mass is 298 g/mol. The molecule has 3 heteroatoms. The first-order chi connectivity index (χ1) is 8.17. The molecule has 0 saturated carbocycles. The highest BCUT2D eigenvalue weighted by molar-refractivity contribution is 9.10. The molecule has 0 saturated heterocycles. The molecular weight excluding hydrogens is 280 g/mol. The minimum absolute atomic E-state index is 0.154. The van der Waals surface area contributed by atoms with E-state index in [1.165, 1.54) is 19.3 Å². The highest BCUT2D eigenvalue weighted by atomic mass is 79.9. The number of carbonyl (C=O) groups excluding carboxylic acids is 1. The second-order valence-electron chi connectivity index (χ2n) is 4.22. The van der Waals surface area contributed by atoms with E-state index >= 15 is 0 Å². The van der Waals surface area contributed by atoms with Gasteiger partial charge >= 0.3 is 0 Å². The third kappa shape index (κ3) is 4.90. The Hall–Kier alpha value is -0.830. The van der Waals surface area contributed by atoms with Crippen LogP contribution in [0.2, 0.25) is 0 Å². The van der Waals surface area contributed by atoms with Crippen LogP contribution in [0, 0.1) is 0 Å². The van der Waals surface area contributed by atoms with Gasteiger partial charge in [0, 0.05) is 4.47 Å². The number of aldehydes is 1. The van der Waals surface area contributed by atoms with Crippen molar-refractivity contribution in [2.45, 2.75) is 45.6 Å². The topological polar surface area (TPSA) is 26.3 Å². The minimum atomic E-state index is 0.154. The summed E-state index contributed by atoms with van der Waals surface area (Å²) >= 11 is 3.34. The van der Waals surface area contributed by atoms with E-state index in [1.54, 1.807) is 6.07 Å². The van der Waals surface area contributed by atoms with Crippen molar-refractivity contribution in [3.05, 3.63) is 28.2 Å². The number of halogens is 1. The number of hydrogen-bond acceptors (Lipinski definition) is 2. The first-order valence-corrected chi connectivity index (χ1v) is 6.88. The summed E-state index contributed by atoms with van der Waals surface area (Å²) in [6, 6.07) is 5.51. The molecule has 94 valence electrons. The molecule has 0 heterocycles. The number of carbonyl (C=O) groups is 1. The summed E-state index contributed by atoms with van der Waals surface area (Å²) in [5, 5.41) is 0. The molecule has 0 bridgehead atoms. The second-order valence-corrected chi connectivity index (χ2v) is 5.14. The standard InChI is InChI=1S/C14H19BrO2/c1-3-4-5-6-11(2)17-14-8-7-13(15)9-12(14)10-16/h7-11H,3-6H2,1-2H3/t11-/m1/s1. The first-order valence-electron chi connectivity index (χ1n) is 6.08. The van der Waals surface area contributed by atoms with Gasteiger partial charge in [0.25, 0.3) is 0 Å². The van der Waals surface area contributed by atoms with E-state index in [1.807, 2.05) is 19.1 Å². The summed E-state index contributed by atoms with van der Waals surface area (Å²) in [4.78, 5) is 10.9. The van der Waals surface area contributed by atoms with Crippen LogP contribution in [-0.2, 0) is 0 Å². The predicted molar refractivity (Wildman–Crippen MR) is 73.8 cm³/mol. The van der Waals surface area contributed by atoms with Crippen molar-refractivity contribution in [2.24, 2.45) is 0 Å². The molecule has 1 aromatic carbocycles. The van der Waals surface area contributed by atoms with E-state index in [9.17, 15) is 4.79 Å². The zero-order chi connectivity index (χ0) is 12.7. The quantitative estimate of drug-likeness (QED) is 0.543. The molecule has 0 aromatic heterocycles. The fraction of sp³-hybridized carbons (Fsp3) is 0.500. The van der Waals surface area contributed by atoms with Crippen LogP contribution in [0.4, 0.5) is 0 Å². The lowest BCUT2D eigenvalue weighted by Gasteiger charge is -2.16. The zero-order valence-corrected chi connectivity index (χ0v) is 12.0. The van der Waals surface area contributed by atoms with Crippen LogP contribution in [0.5, 0.6) is 5.75 Å². The third-order valence-electron chi connectivity index (χ3n) is 2.64. The van der Waals surface area contributed by atoms with Crippen molar-refractivity contribution in [3.8, 4) is 5.75 Å². The Kier molecular flexibility index (Phi) is 6.27. The number of unbranched alkanes of at least 4 members (excludes halogenated alkanes) is 2. The van der Waals surface area contributed by atoms with Crippen LogP contribution in [0.1, 0.15) is 49.9 Å². The highest BCUT2D eigenvalue weighted by Gasteiger charge is 2.08. The van der Waals surface area contributed by atoms with E-state index in [0.717, 1.165) is 17.2 Å². The summed E-state index contributed by atoms with van der Waals surface area (Å²) < 4.78 is 6.68. The minimum Gasteiger partial charge on any atom is -0.490 e. The van der Waals surface area contributed by atoms with Gasteiger partial charge in [0.05, 0.1) is 11.7 Å². The van der Waals surface area contributed by atoms with Gasteiger partial charge in [-0.3, -0.25) is 4.79 Å². The molecular formula is C14H19BrO2. The van der Waals surface area contributed by atoms with Crippen molar-refractivity contribution in [1.82, 2.24) is 0 Å². The molecule has 17 heavy (non-hydrogen) atoms. The maximum Gasteiger partial charge on any atom is 0.153 e. The van der Waals surface area contributed by atoms with Crippen LogP contribution >= 0.6 is 15.9 Å². The molecule has 0 aliphatic heterocycles. The summed E-state index contributed by atoms with van der Waals surface area (Å²) in [7, 11) is 0. The maximum absolute atomic E-state index is 10.9. The van der Waals surface area contributed by atoms with Crippen LogP contribution in [0.25, 0.3) is 0 Å². The molecule has 1 atom stereocenters. The van der Waals surface area contributed by atoms with Crippen molar-refractivity contribution in [2.75, 3.05) is 0 Å². The summed E-state index contributed by atoms with van der Waals surface area (Å²) in [5.74, 6) is 0.673. The van der Waals surface area contributed by atoms with Gasteiger partial charge in [0.15, 0.2) is 6.29 Å². The lowest BCUT2D eigenvalue weighted by Crippen LogP contribution is -2.12. The molecule has 1 aromatic rings. The Morgan fingerprint density at radius 1 is 1.41 bits per heavy atom. The molecule has 0 fully saturated rings. The molecule has 0 amide bonds. The highest BCUT2D eigenvalue weighted by Crippen LogP contribution is 2.23. The Morgan fingerprint density at radius 2 is 2.18 bits per heavy atom. The number of hydrogen-bond donors (Lipinski definition) is 0. The molecule has 0 spiro atoms. The lowest BCUT2D eigenvalue weighted by molar-refractivity contribution is 0.111. The van der Waals surface area contributed by atoms with Crippen LogP contribution in [0.15, 0.2) is 22.7 Å². The molecule has 0 aliphatic carbocycles. The van der Waals surface area contributed by atoms with E-state index in [4.69, 9.17) is 4.74 Å². The van der Waals surface area contributed by atoms with Crippen LogP contribution in [-0.4, -0.2) is 12.4 Å². The van der Waals surface area contributed by atoms with Gasteiger partial charge in [-0.25, -0.2) is 0 Å². The van der Waals surface area contributed by atoms with Gasteiger partial charge in [-0.1, -0.05) is 35.7 Å². The van der Waals surface area contributed by atoms with Crippen molar-refractivity contribution < 1.29 is 9.53 Å². The van der Waals surface area contributed by atoms with E-state index in [2.05, 4.69) is 22.9 Å². The largest absolute Gasteiger partial charge is 0.490 e. The van der Waals surface area contributed by atoms with Crippen LogP contribution in [0.3, 0.4) is 0 Å². The molecule has 1 rings (SSSR count). The summed E-state index contributed by atoms with van der Waals surface area (Å²) in [5.41, 5.74) is 0.599. The van der Waals surface area contributed by atoms with Crippen molar-refractivity contribution in [1.29, 1.82) is 0 Å². The van der Waals surface area contributed by atoms with Gasteiger partial charge < -0.3 is 4.74 Å². The second kappa shape index (κ2) is 7.49. The molecule has 0 unspecified atom stereocenters. The predicted octanol–water partition coefficient (Wildman–Crippen LogP) is 4.61. The van der Waals surface area contributed by atoms with E-state index < -0.39 is 0 Å². The Labute approximate surface area is 111 Å². The summed E-state index contributed by atoms with van der Waals surface area (Å²) in [6.45, 7) is 4.23. The Bertz CT molecular complexity index is 363. The lowest BCUT2D eigenvalue weighted by atomic mass is 10.1. The Morgan fingerprint density at radius 3 is 2.82 bits per heavy atom. The molecule has 0 aliphatic rings. The smallest absolute Gasteiger partial charge is 0.153 e. The van der Waals surface area contributed by atoms with Crippen LogP contribution < -0.4 is 4.74 Å². The number of rotatable bonds is 7.